The van der Waals surface area contributed by atoms with E-state index < -0.39 is 0 Å². The second kappa shape index (κ2) is 4.11. The summed E-state index contributed by atoms with van der Waals surface area (Å²) >= 11 is 0. The molecule has 0 saturated carbocycles. The van der Waals surface area contributed by atoms with E-state index in [2.05, 4.69) is 10.2 Å². The molecule has 0 unspecified atom stereocenters. The van der Waals surface area contributed by atoms with Gasteiger partial charge >= 0.3 is 0 Å². The molecule has 1 heterocycles. The number of hydrogen-bond acceptors (Lipinski definition) is 2. The van der Waals surface area contributed by atoms with Gasteiger partial charge in [0.2, 0.25) is 5.78 Å². The molecule has 0 radical (unpaired) electrons. The van der Waals surface area contributed by atoms with Gasteiger partial charge in [0.25, 0.3) is 0 Å². The minimum atomic E-state index is -0.0487. The summed E-state index contributed by atoms with van der Waals surface area (Å²) in [7, 11) is 0. The van der Waals surface area contributed by atoms with Crippen LogP contribution in [0.4, 0.5) is 0 Å². The summed E-state index contributed by atoms with van der Waals surface area (Å²) in [6.45, 7) is 2.00. The van der Waals surface area contributed by atoms with E-state index in [1.54, 1.807) is 0 Å². The summed E-state index contributed by atoms with van der Waals surface area (Å²) in [5, 5.41) is 7.86. The van der Waals surface area contributed by atoms with Crippen LogP contribution in [0.2, 0.25) is 0 Å². The van der Waals surface area contributed by atoms with Crippen LogP contribution < -0.4 is 0 Å². The molecular formula is C15H12N2O. The van der Waals surface area contributed by atoms with Gasteiger partial charge in [-0.25, -0.2) is 0 Å². The van der Waals surface area contributed by atoms with E-state index in [1.165, 1.54) is 0 Å². The van der Waals surface area contributed by atoms with Gasteiger partial charge in [0, 0.05) is 10.9 Å². The third-order valence-corrected chi connectivity index (χ3v) is 3.00. The topological polar surface area (TPSA) is 45.8 Å². The lowest BCUT2D eigenvalue weighted by atomic mass is 10.0. The number of benzene rings is 2. The summed E-state index contributed by atoms with van der Waals surface area (Å²) in [6, 6.07) is 15.2. The third kappa shape index (κ3) is 1.70. The highest BCUT2D eigenvalue weighted by atomic mass is 16.1. The fourth-order valence-electron chi connectivity index (χ4n) is 1.98. The van der Waals surface area contributed by atoms with Crippen LogP contribution in [-0.4, -0.2) is 16.0 Å². The van der Waals surface area contributed by atoms with Crippen LogP contribution in [0.1, 0.15) is 21.6 Å². The first-order chi connectivity index (χ1) is 8.75. The number of aromatic nitrogens is 2. The van der Waals surface area contributed by atoms with Crippen LogP contribution in [-0.2, 0) is 0 Å². The first-order valence-electron chi connectivity index (χ1n) is 5.80. The third-order valence-electron chi connectivity index (χ3n) is 3.00. The van der Waals surface area contributed by atoms with E-state index in [9.17, 15) is 4.79 Å². The average molecular weight is 236 g/mol. The lowest BCUT2D eigenvalue weighted by Crippen LogP contribution is -2.02. The van der Waals surface area contributed by atoms with E-state index in [1.807, 2.05) is 55.5 Å². The number of aromatic amines is 1. The largest absolute Gasteiger partial charge is 0.287 e. The Bertz CT molecular complexity index is 711. The molecule has 2 aromatic carbocycles. The van der Waals surface area contributed by atoms with Gasteiger partial charge in [0.15, 0.2) is 0 Å². The molecule has 0 bridgehead atoms. The summed E-state index contributed by atoms with van der Waals surface area (Å²) in [5.74, 6) is -0.0487. The Morgan fingerprint density at radius 3 is 2.56 bits per heavy atom. The van der Waals surface area contributed by atoms with Crippen LogP contribution in [0.15, 0.2) is 48.5 Å². The number of rotatable bonds is 2. The van der Waals surface area contributed by atoms with Crippen LogP contribution >= 0.6 is 0 Å². The Morgan fingerprint density at radius 1 is 1.06 bits per heavy atom. The number of fused-ring (bicyclic) bond motifs is 1. The summed E-state index contributed by atoms with van der Waals surface area (Å²) in [4.78, 5) is 12.4. The number of H-pyrrole nitrogens is 1. The quantitative estimate of drug-likeness (QED) is 0.695. The summed E-state index contributed by atoms with van der Waals surface area (Å²) in [5.41, 5.74) is 3.17. The van der Waals surface area contributed by atoms with E-state index in [0.717, 1.165) is 16.5 Å². The second-order valence-electron chi connectivity index (χ2n) is 4.31. The predicted molar refractivity (Wildman–Crippen MR) is 70.7 cm³/mol. The number of ketones is 1. The molecule has 1 aromatic heterocycles. The summed E-state index contributed by atoms with van der Waals surface area (Å²) in [6.07, 6.45) is 0. The fourth-order valence-corrected chi connectivity index (χ4v) is 1.98. The molecule has 0 atom stereocenters. The van der Waals surface area contributed by atoms with Crippen molar-refractivity contribution in [2.45, 2.75) is 6.92 Å². The van der Waals surface area contributed by atoms with Gasteiger partial charge < -0.3 is 0 Å². The Hall–Kier alpha value is -2.42. The predicted octanol–water partition coefficient (Wildman–Crippen LogP) is 3.10. The molecule has 1 N–H and O–H groups in total. The number of hydrogen-bond donors (Lipinski definition) is 1. The lowest BCUT2D eigenvalue weighted by Gasteiger charge is -1.99. The van der Waals surface area contributed by atoms with Crippen molar-refractivity contribution in [3.63, 3.8) is 0 Å². The molecule has 3 aromatic rings. The fraction of sp³-hybridized carbons (Fsp3) is 0.0667. The highest BCUT2D eigenvalue weighted by Gasteiger charge is 2.15. The molecule has 0 aliphatic carbocycles. The van der Waals surface area contributed by atoms with Gasteiger partial charge in [-0.05, 0) is 13.0 Å². The van der Waals surface area contributed by atoms with Gasteiger partial charge in [-0.1, -0.05) is 48.0 Å². The maximum absolute atomic E-state index is 12.4. The minimum absolute atomic E-state index is 0.0487. The van der Waals surface area contributed by atoms with Crippen LogP contribution in [0, 0.1) is 6.92 Å². The van der Waals surface area contributed by atoms with Crippen LogP contribution in [0.5, 0.6) is 0 Å². The van der Waals surface area contributed by atoms with Crippen molar-refractivity contribution < 1.29 is 4.79 Å². The van der Waals surface area contributed by atoms with Crippen LogP contribution in [0.3, 0.4) is 0 Å². The number of para-hydroxylation sites is 1. The van der Waals surface area contributed by atoms with Crippen molar-refractivity contribution >= 4 is 16.7 Å². The van der Waals surface area contributed by atoms with Gasteiger partial charge in [-0.2, -0.15) is 5.10 Å². The molecule has 18 heavy (non-hydrogen) atoms. The molecule has 0 saturated heterocycles. The number of carbonyl (C=O) groups excluding carboxylic acids is 1. The second-order valence-corrected chi connectivity index (χ2v) is 4.31. The lowest BCUT2D eigenvalue weighted by molar-refractivity contribution is 0.103. The molecule has 3 heteroatoms. The molecule has 88 valence electrons. The zero-order chi connectivity index (χ0) is 12.5. The van der Waals surface area contributed by atoms with Gasteiger partial charge in [0.1, 0.15) is 5.69 Å². The monoisotopic (exact) mass is 236 g/mol. The first kappa shape index (κ1) is 10.7. The Morgan fingerprint density at radius 2 is 1.78 bits per heavy atom. The Labute approximate surface area is 104 Å². The molecule has 0 spiro atoms. The maximum Gasteiger partial charge on any atom is 0.213 e. The van der Waals surface area contributed by atoms with Gasteiger partial charge in [-0.15, -0.1) is 0 Å². The zero-order valence-corrected chi connectivity index (χ0v) is 9.97. The Kier molecular flexibility index (Phi) is 2.45. The van der Waals surface area contributed by atoms with Crippen molar-refractivity contribution in [3.05, 3.63) is 65.4 Å². The van der Waals surface area contributed by atoms with Crippen molar-refractivity contribution in [3.8, 4) is 0 Å². The number of nitrogens with zero attached hydrogens (tertiary/aromatic N) is 1. The molecular weight excluding hydrogens is 224 g/mol. The number of aryl methyl sites for hydroxylation is 1. The SMILES string of the molecule is Cc1ccc(C(=O)c2n[nH]c3ccccc23)cc1. The van der Waals surface area contributed by atoms with Crippen molar-refractivity contribution in [1.82, 2.24) is 10.2 Å². The zero-order valence-electron chi connectivity index (χ0n) is 9.97. The molecule has 0 amide bonds. The average Bonchev–Trinajstić information content (AvgIpc) is 2.82. The molecule has 3 nitrogen and oxygen atoms in total. The van der Waals surface area contributed by atoms with E-state index >= 15 is 0 Å². The minimum Gasteiger partial charge on any atom is -0.287 e. The van der Waals surface area contributed by atoms with E-state index in [0.29, 0.717) is 11.3 Å². The highest BCUT2D eigenvalue weighted by molar-refractivity contribution is 6.14. The molecule has 0 aliphatic heterocycles. The Balaban J connectivity index is 2.09. The first-order valence-corrected chi connectivity index (χ1v) is 5.80. The standard InChI is InChI=1S/C15H12N2O/c1-10-6-8-11(9-7-10)15(18)14-12-4-2-3-5-13(12)16-17-14/h2-9H,1H3,(H,16,17). The van der Waals surface area contributed by atoms with Gasteiger partial charge in [-0.3, -0.25) is 9.89 Å². The van der Waals surface area contributed by atoms with Gasteiger partial charge in [0.05, 0.1) is 5.52 Å². The van der Waals surface area contributed by atoms with Crippen molar-refractivity contribution in [2.24, 2.45) is 0 Å². The highest BCUT2D eigenvalue weighted by Crippen LogP contribution is 2.18. The molecule has 3 rings (SSSR count). The maximum atomic E-state index is 12.4. The molecule has 0 fully saturated rings. The summed E-state index contributed by atoms with van der Waals surface area (Å²) < 4.78 is 0. The smallest absolute Gasteiger partial charge is 0.213 e. The van der Waals surface area contributed by atoms with E-state index in [-0.39, 0.29) is 5.78 Å². The molecule has 0 aliphatic rings. The van der Waals surface area contributed by atoms with E-state index in [4.69, 9.17) is 0 Å². The number of nitrogens with one attached hydrogen (secondary N) is 1. The van der Waals surface area contributed by atoms with Crippen molar-refractivity contribution in [1.29, 1.82) is 0 Å². The number of carbonyl (C=O) groups is 1. The van der Waals surface area contributed by atoms with Crippen molar-refractivity contribution in [2.75, 3.05) is 0 Å². The van der Waals surface area contributed by atoms with Crippen LogP contribution in [0.25, 0.3) is 10.9 Å². The normalized spacial score (nSPS) is 10.7.